The second-order valence-corrected chi connectivity index (χ2v) is 7.54. The second-order valence-electron chi connectivity index (χ2n) is 7.54. The Hall–Kier alpha value is -2.66. The van der Waals surface area contributed by atoms with Gasteiger partial charge in [0.05, 0.1) is 0 Å². The summed E-state index contributed by atoms with van der Waals surface area (Å²) < 4.78 is 0. The van der Waals surface area contributed by atoms with Gasteiger partial charge >= 0.3 is 0 Å². The minimum atomic E-state index is -0.0412. The highest BCUT2D eigenvalue weighted by atomic mass is 16.2. The summed E-state index contributed by atoms with van der Waals surface area (Å²) in [6.45, 7) is 6.06. The summed E-state index contributed by atoms with van der Waals surface area (Å²) in [5, 5.41) is 3.05. The van der Waals surface area contributed by atoms with E-state index in [0.29, 0.717) is 25.1 Å². The van der Waals surface area contributed by atoms with E-state index >= 15 is 0 Å². The van der Waals surface area contributed by atoms with Crippen LogP contribution in [0.5, 0.6) is 0 Å². The fourth-order valence-corrected chi connectivity index (χ4v) is 4.17. The summed E-state index contributed by atoms with van der Waals surface area (Å²) in [7, 11) is 0. The largest absolute Gasteiger partial charge is 0.351 e. The molecule has 0 saturated carbocycles. The van der Waals surface area contributed by atoms with Gasteiger partial charge in [0.2, 0.25) is 5.91 Å². The molecule has 0 unspecified atom stereocenters. The van der Waals surface area contributed by atoms with Gasteiger partial charge in [0.15, 0.2) is 0 Å². The Kier molecular flexibility index (Phi) is 5.44. The number of anilines is 1. The van der Waals surface area contributed by atoms with Crippen molar-refractivity contribution in [3.05, 3.63) is 64.7 Å². The van der Waals surface area contributed by atoms with E-state index in [4.69, 9.17) is 0 Å². The van der Waals surface area contributed by atoms with Crippen LogP contribution in [0.15, 0.2) is 42.5 Å². The van der Waals surface area contributed by atoms with E-state index in [1.807, 2.05) is 30.0 Å². The van der Waals surface area contributed by atoms with Gasteiger partial charge in [-0.2, -0.15) is 0 Å². The molecule has 0 bridgehead atoms. The number of rotatable bonds is 5. The average molecular weight is 377 g/mol. The van der Waals surface area contributed by atoms with E-state index in [-0.39, 0.29) is 11.8 Å². The highest BCUT2D eigenvalue weighted by molar-refractivity contribution is 5.98. The van der Waals surface area contributed by atoms with Crippen molar-refractivity contribution in [1.29, 1.82) is 0 Å². The molecule has 0 aromatic heterocycles. The Balaban J connectivity index is 1.31. The molecule has 0 radical (unpaired) electrons. The molecular weight excluding hydrogens is 350 g/mol. The quantitative estimate of drug-likeness (QED) is 0.872. The number of hydrogen-bond donors (Lipinski definition) is 1. The van der Waals surface area contributed by atoms with Crippen molar-refractivity contribution in [2.24, 2.45) is 0 Å². The smallest absolute Gasteiger partial charge is 0.251 e. The molecule has 2 amide bonds. The Morgan fingerprint density at radius 2 is 1.79 bits per heavy atom. The van der Waals surface area contributed by atoms with Crippen LogP contribution >= 0.6 is 0 Å². The zero-order valence-corrected chi connectivity index (χ0v) is 16.4. The predicted molar refractivity (Wildman–Crippen MR) is 111 cm³/mol. The first-order valence-electron chi connectivity index (χ1n) is 10.2. The molecule has 146 valence electrons. The summed E-state index contributed by atoms with van der Waals surface area (Å²) in [4.78, 5) is 28.8. The number of carbonyl (C=O) groups is 2. The molecule has 1 N–H and O–H groups in total. The molecule has 2 aromatic carbocycles. The predicted octanol–water partition coefficient (Wildman–Crippen LogP) is 2.77. The molecule has 0 aliphatic carbocycles. The Morgan fingerprint density at radius 1 is 1.00 bits per heavy atom. The summed E-state index contributed by atoms with van der Waals surface area (Å²) in [6.07, 6.45) is 2.39. The summed E-state index contributed by atoms with van der Waals surface area (Å²) in [6, 6.07) is 14.3. The van der Waals surface area contributed by atoms with E-state index in [1.54, 1.807) is 0 Å². The SMILES string of the molecule is CCC(=O)N1CCc2cc(C(=O)NCCN3CCc4ccccc4C3)ccc21. The van der Waals surface area contributed by atoms with Crippen molar-refractivity contribution in [2.75, 3.05) is 31.1 Å². The molecular formula is C23H27N3O2. The molecule has 0 spiro atoms. The fraction of sp³-hybridized carbons (Fsp3) is 0.391. The van der Waals surface area contributed by atoms with Crippen LogP contribution in [0.25, 0.3) is 0 Å². The molecule has 2 heterocycles. The molecule has 0 atom stereocenters. The van der Waals surface area contributed by atoms with Gasteiger partial charge in [-0.25, -0.2) is 0 Å². The minimum Gasteiger partial charge on any atom is -0.351 e. The van der Waals surface area contributed by atoms with Crippen LogP contribution in [0.2, 0.25) is 0 Å². The third-order valence-electron chi connectivity index (χ3n) is 5.76. The van der Waals surface area contributed by atoms with E-state index in [2.05, 4.69) is 34.5 Å². The fourth-order valence-electron chi connectivity index (χ4n) is 4.17. The van der Waals surface area contributed by atoms with Crippen LogP contribution in [-0.2, 0) is 24.2 Å². The molecule has 5 nitrogen and oxygen atoms in total. The summed E-state index contributed by atoms with van der Waals surface area (Å²) >= 11 is 0. The topological polar surface area (TPSA) is 52.7 Å². The van der Waals surface area contributed by atoms with Gasteiger partial charge < -0.3 is 10.2 Å². The number of nitrogens with zero attached hydrogens (tertiary/aromatic N) is 2. The number of nitrogens with one attached hydrogen (secondary N) is 1. The highest BCUT2D eigenvalue weighted by Gasteiger charge is 2.24. The molecule has 2 aliphatic heterocycles. The number of benzene rings is 2. The van der Waals surface area contributed by atoms with Gasteiger partial charge in [-0.3, -0.25) is 14.5 Å². The maximum absolute atomic E-state index is 12.5. The molecule has 4 rings (SSSR count). The lowest BCUT2D eigenvalue weighted by Crippen LogP contribution is -2.37. The van der Waals surface area contributed by atoms with Gasteiger partial charge in [-0.15, -0.1) is 0 Å². The van der Waals surface area contributed by atoms with E-state index < -0.39 is 0 Å². The molecule has 2 aliphatic rings. The van der Waals surface area contributed by atoms with Crippen LogP contribution in [-0.4, -0.2) is 42.9 Å². The van der Waals surface area contributed by atoms with Crippen molar-refractivity contribution in [3.8, 4) is 0 Å². The maximum atomic E-state index is 12.5. The number of carbonyl (C=O) groups excluding carboxylic acids is 2. The number of fused-ring (bicyclic) bond motifs is 2. The monoisotopic (exact) mass is 377 g/mol. The molecule has 0 fully saturated rings. The Labute approximate surface area is 166 Å². The summed E-state index contributed by atoms with van der Waals surface area (Å²) in [5.41, 5.74) is 5.55. The first kappa shape index (κ1) is 18.7. The van der Waals surface area contributed by atoms with Crippen LogP contribution in [0, 0.1) is 0 Å². The average Bonchev–Trinajstić information content (AvgIpc) is 3.16. The number of hydrogen-bond acceptors (Lipinski definition) is 3. The first-order chi connectivity index (χ1) is 13.7. The van der Waals surface area contributed by atoms with Gasteiger partial charge in [0.25, 0.3) is 5.91 Å². The Morgan fingerprint density at radius 3 is 2.61 bits per heavy atom. The van der Waals surface area contributed by atoms with E-state index in [9.17, 15) is 9.59 Å². The highest BCUT2D eigenvalue weighted by Crippen LogP contribution is 2.29. The minimum absolute atomic E-state index is 0.0412. The van der Waals surface area contributed by atoms with Crippen molar-refractivity contribution in [2.45, 2.75) is 32.7 Å². The zero-order chi connectivity index (χ0) is 19.5. The van der Waals surface area contributed by atoms with Crippen molar-refractivity contribution < 1.29 is 9.59 Å². The third-order valence-corrected chi connectivity index (χ3v) is 5.76. The van der Waals surface area contributed by atoms with Gasteiger partial charge in [-0.1, -0.05) is 31.2 Å². The van der Waals surface area contributed by atoms with E-state index in [1.165, 1.54) is 11.1 Å². The van der Waals surface area contributed by atoms with Crippen molar-refractivity contribution in [3.63, 3.8) is 0 Å². The molecule has 28 heavy (non-hydrogen) atoms. The lowest BCUT2D eigenvalue weighted by molar-refractivity contribution is -0.118. The third kappa shape index (κ3) is 3.80. The van der Waals surface area contributed by atoms with Gasteiger partial charge in [0.1, 0.15) is 0 Å². The normalized spacial score (nSPS) is 15.8. The van der Waals surface area contributed by atoms with Crippen LogP contribution in [0.3, 0.4) is 0 Å². The van der Waals surface area contributed by atoms with Gasteiger partial charge in [-0.05, 0) is 47.7 Å². The standard InChI is InChI=1S/C23H27N3O2/c1-2-22(27)26-13-10-18-15-19(7-8-21(18)26)23(28)24-11-14-25-12-9-17-5-3-4-6-20(17)16-25/h3-8,15H,2,9-14,16H2,1H3,(H,24,28). The van der Waals surface area contributed by atoms with Crippen LogP contribution in [0.4, 0.5) is 5.69 Å². The maximum Gasteiger partial charge on any atom is 0.251 e. The van der Waals surface area contributed by atoms with E-state index in [0.717, 1.165) is 43.7 Å². The first-order valence-corrected chi connectivity index (χ1v) is 10.2. The zero-order valence-electron chi connectivity index (χ0n) is 16.4. The number of amides is 2. The van der Waals surface area contributed by atoms with Crippen molar-refractivity contribution in [1.82, 2.24) is 10.2 Å². The van der Waals surface area contributed by atoms with Crippen LogP contribution in [0.1, 0.15) is 40.4 Å². The Bertz CT molecular complexity index is 893. The lowest BCUT2D eigenvalue weighted by Gasteiger charge is -2.28. The second kappa shape index (κ2) is 8.15. The lowest BCUT2D eigenvalue weighted by atomic mass is 10.00. The molecule has 2 aromatic rings. The molecule has 5 heteroatoms. The van der Waals surface area contributed by atoms with Gasteiger partial charge in [0, 0.05) is 50.4 Å². The molecule has 0 saturated heterocycles. The summed E-state index contributed by atoms with van der Waals surface area (Å²) in [5.74, 6) is 0.0968. The van der Waals surface area contributed by atoms with Crippen LogP contribution < -0.4 is 10.2 Å². The van der Waals surface area contributed by atoms with Crippen molar-refractivity contribution >= 4 is 17.5 Å².